The molecule has 4 amide bonds. The van der Waals surface area contributed by atoms with E-state index in [-0.39, 0.29) is 37.4 Å². The molecule has 0 fully saturated rings. The third kappa shape index (κ3) is 3.19. The Morgan fingerprint density at radius 1 is 1.31 bits per heavy atom. The lowest BCUT2D eigenvalue weighted by atomic mass is 10.5. The fraction of sp³-hybridized carbons (Fsp3) is 0.333. The van der Waals surface area contributed by atoms with Gasteiger partial charge in [-0.1, -0.05) is 0 Å². The maximum Gasteiger partial charge on any atom is 0.253 e. The molecule has 0 saturated heterocycles. The molecular weight excluding hydrogens is 214 g/mol. The predicted molar refractivity (Wildman–Crippen MR) is 52.9 cm³/mol. The molecule has 0 aromatic carbocycles. The SMILES string of the molecule is O=CNCC(=O)NCCN1C(=O)C=CC1=O. The topological polar surface area (TPSA) is 95.6 Å². The summed E-state index contributed by atoms with van der Waals surface area (Å²) < 4.78 is 0. The second-order valence-corrected chi connectivity index (χ2v) is 3.01. The third-order valence-corrected chi connectivity index (χ3v) is 1.90. The van der Waals surface area contributed by atoms with Crippen LogP contribution < -0.4 is 10.6 Å². The van der Waals surface area contributed by atoms with Gasteiger partial charge in [0.2, 0.25) is 12.3 Å². The molecule has 7 nitrogen and oxygen atoms in total. The van der Waals surface area contributed by atoms with Crippen molar-refractivity contribution < 1.29 is 19.2 Å². The van der Waals surface area contributed by atoms with E-state index in [0.717, 1.165) is 4.90 Å². The largest absolute Gasteiger partial charge is 0.353 e. The first-order valence-corrected chi connectivity index (χ1v) is 4.62. The van der Waals surface area contributed by atoms with Crippen LogP contribution in [0.5, 0.6) is 0 Å². The number of rotatable bonds is 6. The highest BCUT2D eigenvalue weighted by atomic mass is 16.2. The van der Waals surface area contributed by atoms with Crippen molar-refractivity contribution in [3.8, 4) is 0 Å². The van der Waals surface area contributed by atoms with Gasteiger partial charge in [-0.25, -0.2) is 0 Å². The van der Waals surface area contributed by atoms with Gasteiger partial charge in [0.15, 0.2) is 0 Å². The summed E-state index contributed by atoms with van der Waals surface area (Å²) in [6.45, 7) is 0.166. The first kappa shape index (κ1) is 11.9. The summed E-state index contributed by atoms with van der Waals surface area (Å²) in [6.07, 6.45) is 2.77. The molecular formula is C9H11N3O4. The highest BCUT2D eigenvalue weighted by molar-refractivity contribution is 6.12. The molecule has 16 heavy (non-hydrogen) atoms. The van der Waals surface area contributed by atoms with E-state index >= 15 is 0 Å². The van der Waals surface area contributed by atoms with Crippen LogP contribution in [-0.4, -0.2) is 48.7 Å². The monoisotopic (exact) mass is 225 g/mol. The van der Waals surface area contributed by atoms with Crippen LogP contribution >= 0.6 is 0 Å². The Kier molecular flexibility index (Phi) is 4.19. The van der Waals surface area contributed by atoms with Crippen molar-refractivity contribution in [1.29, 1.82) is 0 Å². The molecule has 86 valence electrons. The van der Waals surface area contributed by atoms with Crippen molar-refractivity contribution in [2.75, 3.05) is 19.6 Å². The fourth-order valence-electron chi connectivity index (χ4n) is 1.16. The van der Waals surface area contributed by atoms with Gasteiger partial charge in [0.25, 0.3) is 11.8 Å². The molecule has 0 atom stereocenters. The zero-order valence-corrected chi connectivity index (χ0v) is 8.43. The molecule has 1 aliphatic rings. The van der Waals surface area contributed by atoms with E-state index in [9.17, 15) is 19.2 Å². The van der Waals surface area contributed by atoms with Crippen molar-refractivity contribution in [1.82, 2.24) is 15.5 Å². The van der Waals surface area contributed by atoms with Crippen LogP contribution in [0.25, 0.3) is 0 Å². The van der Waals surface area contributed by atoms with Crippen LogP contribution in [0.3, 0.4) is 0 Å². The van der Waals surface area contributed by atoms with Crippen molar-refractivity contribution in [3.05, 3.63) is 12.2 Å². The van der Waals surface area contributed by atoms with Crippen LogP contribution in [0, 0.1) is 0 Å². The quantitative estimate of drug-likeness (QED) is 0.395. The van der Waals surface area contributed by atoms with Crippen LogP contribution in [0.2, 0.25) is 0 Å². The minimum atomic E-state index is -0.384. The molecule has 0 saturated carbocycles. The molecule has 0 unspecified atom stereocenters. The second kappa shape index (κ2) is 5.64. The smallest absolute Gasteiger partial charge is 0.253 e. The third-order valence-electron chi connectivity index (χ3n) is 1.90. The Morgan fingerprint density at radius 3 is 2.50 bits per heavy atom. The van der Waals surface area contributed by atoms with Gasteiger partial charge in [-0.3, -0.25) is 24.1 Å². The predicted octanol–water partition coefficient (Wildman–Crippen LogP) is -2.23. The normalized spacial score (nSPS) is 14.1. The van der Waals surface area contributed by atoms with Crippen LogP contribution in [0.15, 0.2) is 12.2 Å². The van der Waals surface area contributed by atoms with Crippen molar-refractivity contribution in [2.24, 2.45) is 0 Å². The van der Waals surface area contributed by atoms with Crippen molar-refractivity contribution in [2.45, 2.75) is 0 Å². The number of carbonyl (C=O) groups excluding carboxylic acids is 4. The van der Waals surface area contributed by atoms with E-state index < -0.39 is 0 Å². The summed E-state index contributed by atoms with van der Waals surface area (Å²) in [5, 5.41) is 4.64. The Hall–Kier alpha value is -2.18. The van der Waals surface area contributed by atoms with E-state index in [4.69, 9.17) is 0 Å². The molecule has 1 heterocycles. The van der Waals surface area contributed by atoms with Gasteiger partial charge < -0.3 is 10.6 Å². The highest BCUT2D eigenvalue weighted by Gasteiger charge is 2.22. The lowest BCUT2D eigenvalue weighted by molar-refractivity contribution is -0.137. The van der Waals surface area contributed by atoms with Gasteiger partial charge in [0, 0.05) is 25.2 Å². The molecule has 1 rings (SSSR count). The number of amides is 4. The Morgan fingerprint density at radius 2 is 1.94 bits per heavy atom. The van der Waals surface area contributed by atoms with Gasteiger partial charge in [0.1, 0.15) is 0 Å². The zero-order valence-electron chi connectivity index (χ0n) is 8.43. The maximum atomic E-state index is 11.1. The lowest BCUT2D eigenvalue weighted by Gasteiger charge is -2.13. The van der Waals surface area contributed by atoms with Crippen molar-refractivity contribution in [3.63, 3.8) is 0 Å². The Labute approximate surface area is 91.5 Å². The summed E-state index contributed by atoms with van der Waals surface area (Å²) in [6, 6.07) is 0. The molecule has 1 aliphatic heterocycles. The van der Waals surface area contributed by atoms with Crippen molar-refractivity contribution >= 4 is 24.1 Å². The molecule has 0 aromatic heterocycles. The fourth-order valence-corrected chi connectivity index (χ4v) is 1.16. The van der Waals surface area contributed by atoms with Gasteiger partial charge in [-0.2, -0.15) is 0 Å². The number of nitrogens with one attached hydrogen (secondary N) is 2. The Balaban J connectivity index is 2.20. The van der Waals surface area contributed by atoms with E-state index in [1.807, 2.05) is 0 Å². The molecule has 0 spiro atoms. The van der Waals surface area contributed by atoms with E-state index in [1.165, 1.54) is 12.2 Å². The minimum Gasteiger partial charge on any atom is -0.353 e. The summed E-state index contributed by atoms with van der Waals surface area (Å²) in [7, 11) is 0. The minimum absolute atomic E-state index is 0.121. The number of hydrogen-bond acceptors (Lipinski definition) is 4. The average molecular weight is 225 g/mol. The number of hydrogen-bond donors (Lipinski definition) is 2. The van der Waals surface area contributed by atoms with Crippen LogP contribution in [-0.2, 0) is 19.2 Å². The standard InChI is InChI=1S/C9H11N3O4/c13-6-10-5-7(14)11-3-4-12-8(15)1-2-9(12)16/h1-2,6H,3-5H2,(H,10,13)(H,11,14). The molecule has 0 aliphatic carbocycles. The first-order valence-electron chi connectivity index (χ1n) is 4.62. The molecule has 0 radical (unpaired) electrons. The molecule has 2 N–H and O–H groups in total. The van der Waals surface area contributed by atoms with E-state index in [0.29, 0.717) is 6.41 Å². The number of nitrogens with zero attached hydrogens (tertiary/aromatic N) is 1. The average Bonchev–Trinajstić information content (AvgIpc) is 2.57. The maximum absolute atomic E-state index is 11.1. The highest BCUT2D eigenvalue weighted by Crippen LogP contribution is 2.01. The molecule has 0 bridgehead atoms. The van der Waals surface area contributed by atoms with Crippen LogP contribution in [0.4, 0.5) is 0 Å². The summed E-state index contributed by atoms with van der Waals surface area (Å²) in [4.78, 5) is 44.1. The number of carbonyl (C=O) groups is 4. The zero-order chi connectivity index (χ0) is 12.0. The van der Waals surface area contributed by atoms with Crippen LogP contribution in [0.1, 0.15) is 0 Å². The summed E-state index contributed by atoms with van der Waals surface area (Å²) in [5.74, 6) is -1.14. The summed E-state index contributed by atoms with van der Waals surface area (Å²) in [5.41, 5.74) is 0. The lowest BCUT2D eigenvalue weighted by Crippen LogP contribution is -2.40. The second-order valence-electron chi connectivity index (χ2n) is 3.01. The number of imide groups is 1. The van der Waals surface area contributed by atoms with Gasteiger partial charge in [0.05, 0.1) is 6.54 Å². The summed E-state index contributed by atoms with van der Waals surface area (Å²) >= 11 is 0. The Bertz CT molecular complexity index is 333. The van der Waals surface area contributed by atoms with Gasteiger partial charge in [-0.05, 0) is 0 Å². The van der Waals surface area contributed by atoms with Gasteiger partial charge in [-0.15, -0.1) is 0 Å². The van der Waals surface area contributed by atoms with E-state index in [2.05, 4.69) is 10.6 Å². The first-order chi connectivity index (χ1) is 7.65. The molecule has 0 aromatic rings. The molecule has 7 heteroatoms. The van der Waals surface area contributed by atoms with Gasteiger partial charge >= 0.3 is 0 Å². The van der Waals surface area contributed by atoms with E-state index in [1.54, 1.807) is 0 Å².